The predicted octanol–water partition coefficient (Wildman–Crippen LogP) is 3.71. The Kier molecular flexibility index (Phi) is 14.1. The molecule has 0 spiro atoms. The van der Waals surface area contributed by atoms with Gasteiger partial charge in [-0.15, -0.1) is 6.58 Å². The lowest BCUT2D eigenvalue weighted by Crippen LogP contribution is -2.60. The molecule has 0 radical (unpaired) electrons. The zero-order valence-electron chi connectivity index (χ0n) is 24.1. The fourth-order valence-electron chi connectivity index (χ4n) is 4.92. The number of carbonyl (C=O) groups is 1. The summed E-state index contributed by atoms with van der Waals surface area (Å²) in [5, 5.41) is 4.52. The van der Waals surface area contributed by atoms with E-state index in [9.17, 15) is 13.6 Å². The largest absolute Gasteiger partial charge is 0.497 e. The second-order valence-corrected chi connectivity index (χ2v) is 10.3. The van der Waals surface area contributed by atoms with E-state index in [4.69, 9.17) is 16.3 Å². The minimum absolute atomic E-state index is 0.0113. The van der Waals surface area contributed by atoms with Crippen LogP contribution in [0, 0.1) is 6.92 Å². The predicted molar refractivity (Wildman–Crippen MR) is 153 cm³/mol. The molecular formula is C28H45ClF2N6O2. The Morgan fingerprint density at radius 3 is 2.41 bits per heavy atom. The van der Waals surface area contributed by atoms with E-state index in [2.05, 4.69) is 45.6 Å². The summed E-state index contributed by atoms with van der Waals surface area (Å²) in [5.74, 6) is 0.855. The van der Waals surface area contributed by atoms with Crippen LogP contribution in [0.25, 0.3) is 0 Å². The van der Waals surface area contributed by atoms with Gasteiger partial charge >= 0.3 is 0 Å². The Bertz CT molecular complexity index is 991. The van der Waals surface area contributed by atoms with Crippen molar-refractivity contribution in [3.05, 3.63) is 52.5 Å². The van der Waals surface area contributed by atoms with Gasteiger partial charge in [-0.1, -0.05) is 23.8 Å². The minimum Gasteiger partial charge on any atom is -0.497 e. The zero-order valence-corrected chi connectivity index (χ0v) is 24.9. The summed E-state index contributed by atoms with van der Waals surface area (Å²) in [6.45, 7) is 14.7. The van der Waals surface area contributed by atoms with Gasteiger partial charge in [-0.2, -0.15) is 5.10 Å². The van der Waals surface area contributed by atoms with E-state index < -0.39 is 6.67 Å². The number of hydrogen-bond acceptors (Lipinski definition) is 6. The van der Waals surface area contributed by atoms with E-state index in [1.165, 1.54) is 4.68 Å². The first-order chi connectivity index (χ1) is 18.8. The average Bonchev–Trinajstić information content (AvgIpc) is 3.22. The van der Waals surface area contributed by atoms with E-state index in [1.807, 2.05) is 17.9 Å². The van der Waals surface area contributed by atoms with Gasteiger partial charge < -0.3 is 14.5 Å². The van der Waals surface area contributed by atoms with Crippen LogP contribution in [0.15, 0.2) is 36.1 Å². The fraction of sp³-hybridized carbons (Fsp3) is 0.643. The molecule has 3 rings (SSSR count). The number of nitrogens with zero attached hydrogens (tertiary/aromatic N) is 6. The number of halogens is 3. The third kappa shape index (κ3) is 9.41. The normalized spacial score (nSPS) is 20.0. The van der Waals surface area contributed by atoms with Crippen LogP contribution in [0.4, 0.5) is 8.78 Å². The van der Waals surface area contributed by atoms with Gasteiger partial charge in [-0.25, -0.2) is 4.39 Å². The molecule has 8 nitrogen and oxygen atoms in total. The summed E-state index contributed by atoms with van der Waals surface area (Å²) < 4.78 is 29.9. The Morgan fingerprint density at radius 1 is 1.15 bits per heavy atom. The third-order valence-corrected chi connectivity index (χ3v) is 7.79. The highest BCUT2D eigenvalue weighted by atomic mass is 35.5. The number of carbonyl (C=O) groups excluding carboxylic acids is 1. The van der Waals surface area contributed by atoms with Crippen LogP contribution in [0.3, 0.4) is 0 Å². The SMILES string of the molecule is C=CC/C=C(C)\C(=C/CN1CCN(C(=O)Cn2nc(CF)c(Cl)c2C)[C@@H](CN2CCN(C)CC2)C1)OC.CF. The van der Waals surface area contributed by atoms with Gasteiger partial charge in [0.15, 0.2) is 0 Å². The van der Waals surface area contributed by atoms with Gasteiger partial charge in [-0.05, 0) is 39.0 Å². The summed E-state index contributed by atoms with van der Waals surface area (Å²) in [4.78, 5) is 22.6. The van der Waals surface area contributed by atoms with E-state index >= 15 is 0 Å². The highest BCUT2D eigenvalue weighted by Crippen LogP contribution is 2.22. The fourth-order valence-corrected chi connectivity index (χ4v) is 5.11. The number of alkyl halides is 2. The van der Waals surface area contributed by atoms with Gasteiger partial charge in [0.2, 0.25) is 5.91 Å². The number of hydrogen-bond donors (Lipinski definition) is 0. The lowest BCUT2D eigenvalue weighted by molar-refractivity contribution is -0.137. The number of allylic oxidation sites excluding steroid dienone is 3. The molecule has 2 aliphatic heterocycles. The van der Waals surface area contributed by atoms with Crippen LogP contribution in [-0.4, -0.2) is 122 Å². The van der Waals surface area contributed by atoms with E-state index in [0.717, 1.165) is 70.1 Å². The van der Waals surface area contributed by atoms with Gasteiger partial charge in [-0.3, -0.25) is 23.7 Å². The zero-order chi connectivity index (χ0) is 28.9. The first kappa shape index (κ1) is 32.9. The number of amides is 1. The van der Waals surface area contributed by atoms with Crippen LogP contribution >= 0.6 is 11.6 Å². The summed E-state index contributed by atoms with van der Waals surface area (Å²) >= 11 is 6.20. The van der Waals surface area contributed by atoms with Gasteiger partial charge in [0, 0.05) is 58.9 Å². The lowest BCUT2D eigenvalue weighted by Gasteiger charge is -2.44. The molecule has 0 aromatic carbocycles. The quantitative estimate of drug-likeness (QED) is 0.230. The van der Waals surface area contributed by atoms with Gasteiger partial charge in [0.05, 0.1) is 31.0 Å². The molecule has 2 fully saturated rings. The van der Waals surface area contributed by atoms with Crippen molar-refractivity contribution in [3.8, 4) is 0 Å². The van der Waals surface area contributed by atoms with Crippen molar-refractivity contribution in [2.75, 3.05) is 80.2 Å². The van der Waals surface area contributed by atoms with Crippen molar-refractivity contribution in [3.63, 3.8) is 0 Å². The van der Waals surface area contributed by atoms with Crippen molar-refractivity contribution >= 4 is 17.5 Å². The van der Waals surface area contributed by atoms with E-state index in [1.54, 1.807) is 14.0 Å². The molecule has 0 saturated carbocycles. The lowest BCUT2D eigenvalue weighted by atomic mass is 10.1. The maximum absolute atomic E-state index is 13.5. The number of ether oxygens (including phenoxy) is 1. The topological polar surface area (TPSA) is 57.1 Å². The summed E-state index contributed by atoms with van der Waals surface area (Å²) in [7, 11) is 4.34. The van der Waals surface area contributed by atoms with Crippen molar-refractivity contribution in [2.24, 2.45) is 0 Å². The van der Waals surface area contributed by atoms with Crippen LogP contribution in [0.1, 0.15) is 24.7 Å². The maximum atomic E-state index is 13.5. The Labute approximate surface area is 237 Å². The molecule has 220 valence electrons. The summed E-state index contributed by atoms with van der Waals surface area (Å²) in [6, 6.07) is 0.0495. The second-order valence-electron chi connectivity index (χ2n) is 9.93. The standard InChI is InChI=1S/C27H42ClFN6O2.CH3F/c1-6-7-8-21(2)25(37-5)9-10-32-15-16-34(23(18-32)19-33-13-11-31(4)12-14-33)26(36)20-35-22(3)27(28)24(17-29)30-35;1-2/h6,8-9,23H,1,7,10-20H2,2-5H3;1H3/b21-8-,25-9+;/t23-;/m1./s1. The van der Waals surface area contributed by atoms with Crippen molar-refractivity contribution < 1.29 is 18.3 Å². The van der Waals surface area contributed by atoms with E-state index in [-0.39, 0.29) is 24.2 Å². The number of methoxy groups -OCH3 is 1. The molecule has 39 heavy (non-hydrogen) atoms. The summed E-state index contributed by atoms with van der Waals surface area (Å²) in [6.07, 6.45) is 6.89. The highest BCUT2D eigenvalue weighted by Gasteiger charge is 2.32. The minimum atomic E-state index is -0.745. The first-order valence-electron chi connectivity index (χ1n) is 13.4. The van der Waals surface area contributed by atoms with Crippen molar-refractivity contribution in [2.45, 2.75) is 39.5 Å². The molecule has 1 atom stereocenters. The molecular weight excluding hydrogens is 526 g/mol. The average molecular weight is 571 g/mol. The molecule has 1 aromatic rings. The smallest absolute Gasteiger partial charge is 0.244 e. The Hall–Kier alpha value is -2.27. The molecule has 2 aliphatic rings. The van der Waals surface area contributed by atoms with Crippen LogP contribution in [0.2, 0.25) is 5.02 Å². The van der Waals surface area contributed by atoms with Gasteiger partial charge in [0.25, 0.3) is 0 Å². The van der Waals surface area contributed by atoms with Crippen LogP contribution < -0.4 is 0 Å². The first-order valence-corrected chi connectivity index (χ1v) is 13.8. The third-order valence-electron chi connectivity index (χ3n) is 7.30. The molecule has 1 amide bonds. The van der Waals surface area contributed by atoms with Crippen molar-refractivity contribution in [1.29, 1.82) is 0 Å². The molecule has 0 aliphatic carbocycles. The van der Waals surface area contributed by atoms with Crippen LogP contribution in [0.5, 0.6) is 0 Å². The number of rotatable bonds is 11. The Morgan fingerprint density at radius 2 is 1.82 bits per heavy atom. The molecule has 2 saturated heterocycles. The summed E-state index contributed by atoms with van der Waals surface area (Å²) in [5.41, 5.74) is 1.89. The monoisotopic (exact) mass is 570 g/mol. The van der Waals surface area contributed by atoms with Crippen LogP contribution in [-0.2, 0) is 22.8 Å². The molecule has 0 N–H and O–H groups in total. The second kappa shape index (κ2) is 16.7. The number of piperazine rings is 2. The molecule has 3 heterocycles. The van der Waals surface area contributed by atoms with E-state index in [0.29, 0.717) is 24.4 Å². The molecule has 0 bridgehead atoms. The molecule has 0 unspecified atom stereocenters. The molecule has 1 aromatic heterocycles. The maximum Gasteiger partial charge on any atom is 0.244 e. The molecule has 11 heteroatoms. The van der Waals surface area contributed by atoms with Gasteiger partial charge in [0.1, 0.15) is 24.7 Å². The number of likely N-dealkylation sites (N-methyl/N-ethyl adjacent to an activating group) is 1. The van der Waals surface area contributed by atoms with Crippen molar-refractivity contribution in [1.82, 2.24) is 29.4 Å². The Balaban J connectivity index is 0.00000260. The highest BCUT2D eigenvalue weighted by molar-refractivity contribution is 6.31. The number of aromatic nitrogens is 2.